The molecule has 0 bridgehead atoms. The summed E-state index contributed by atoms with van der Waals surface area (Å²) in [5, 5.41) is 8.60. The van der Waals surface area contributed by atoms with Crippen molar-refractivity contribution < 1.29 is 14.5 Å². The van der Waals surface area contributed by atoms with Gasteiger partial charge in [0.2, 0.25) is 0 Å². The van der Waals surface area contributed by atoms with E-state index >= 15 is 0 Å². The first kappa shape index (κ1) is 26.7. The molecule has 0 saturated carbocycles. The summed E-state index contributed by atoms with van der Waals surface area (Å²) in [6, 6.07) is 0. The number of nitrogens with one attached hydrogen (secondary N) is 1. The normalized spacial score (nSPS) is 11.3. The molecule has 2 N–H and O–H groups in total. The smallest absolute Gasteiger partial charge is 0.303 e. The van der Waals surface area contributed by atoms with E-state index in [2.05, 4.69) is 29.7 Å². The van der Waals surface area contributed by atoms with Crippen molar-refractivity contribution in [2.75, 3.05) is 0 Å². The standard InChI is InChI=1S/C26H48N2O2/c1-24-27-23-25(28(24)2)21-19-17-15-13-11-9-7-5-3-4-6-8-10-12-14-16-18-20-22-26(29)30/h23H,3-22H2,1-2H3,(H,29,30)/p+1. The molecule has 0 amide bonds. The molecule has 1 heterocycles. The Morgan fingerprint density at radius 2 is 1.10 bits per heavy atom. The largest absolute Gasteiger partial charge is 0.481 e. The second-order valence-electron chi connectivity index (χ2n) is 9.18. The minimum atomic E-state index is -0.654. The Morgan fingerprint density at radius 1 is 0.733 bits per heavy atom. The number of hydrogen-bond donors (Lipinski definition) is 2. The van der Waals surface area contributed by atoms with Crippen LogP contribution in [-0.4, -0.2) is 16.1 Å². The number of carbonyl (C=O) groups is 1. The minimum absolute atomic E-state index is 0.341. The van der Waals surface area contributed by atoms with Gasteiger partial charge in [-0.1, -0.05) is 103 Å². The molecule has 0 atom stereocenters. The summed E-state index contributed by atoms with van der Waals surface area (Å²) in [7, 11) is 2.15. The van der Waals surface area contributed by atoms with Crippen LogP contribution in [0.4, 0.5) is 0 Å². The van der Waals surface area contributed by atoms with E-state index in [1.165, 1.54) is 121 Å². The number of unbranched alkanes of at least 4 members (excludes halogenated alkanes) is 17. The molecule has 1 rings (SSSR count). The van der Waals surface area contributed by atoms with Gasteiger partial charge in [-0.25, -0.2) is 9.55 Å². The molecule has 0 aliphatic rings. The van der Waals surface area contributed by atoms with Crippen molar-refractivity contribution in [3.8, 4) is 0 Å². The van der Waals surface area contributed by atoms with E-state index in [1.54, 1.807) is 0 Å². The zero-order valence-electron chi connectivity index (χ0n) is 20.0. The summed E-state index contributed by atoms with van der Waals surface area (Å²) in [6.07, 6.45) is 27.6. The Labute approximate surface area is 185 Å². The maximum absolute atomic E-state index is 10.4. The first-order chi connectivity index (χ1) is 14.6. The van der Waals surface area contributed by atoms with Crippen molar-refractivity contribution in [2.24, 2.45) is 7.05 Å². The van der Waals surface area contributed by atoms with Gasteiger partial charge in [0, 0.05) is 19.8 Å². The number of aliphatic carboxylic acids is 1. The number of H-pyrrole nitrogens is 1. The molecule has 0 aliphatic carbocycles. The number of carboxylic acid groups (broad SMARTS) is 1. The van der Waals surface area contributed by atoms with Crippen molar-refractivity contribution in [1.82, 2.24) is 4.98 Å². The average molecular weight is 422 g/mol. The average Bonchev–Trinajstić information content (AvgIpc) is 3.04. The minimum Gasteiger partial charge on any atom is -0.481 e. The molecule has 0 saturated heterocycles. The van der Waals surface area contributed by atoms with E-state index in [0.29, 0.717) is 6.42 Å². The van der Waals surface area contributed by atoms with Gasteiger partial charge in [-0.05, 0) is 12.8 Å². The van der Waals surface area contributed by atoms with Crippen molar-refractivity contribution in [2.45, 2.75) is 135 Å². The molecular weight excluding hydrogens is 372 g/mol. The molecule has 30 heavy (non-hydrogen) atoms. The van der Waals surface area contributed by atoms with E-state index in [1.807, 2.05) is 0 Å². The second kappa shape index (κ2) is 18.4. The highest BCUT2D eigenvalue weighted by Gasteiger charge is 2.08. The maximum Gasteiger partial charge on any atom is 0.303 e. The third-order valence-electron chi connectivity index (χ3n) is 6.46. The monoisotopic (exact) mass is 421 g/mol. The van der Waals surface area contributed by atoms with E-state index in [0.717, 1.165) is 12.8 Å². The van der Waals surface area contributed by atoms with Gasteiger partial charge in [0.1, 0.15) is 11.9 Å². The van der Waals surface area contributed by atoms with Gasteiger partial charge < -0.3 is 5.11 Å². The highest BCUT2D eigenvalue weighted by atomic mass is 16.4. The number of nitrogens with zero attached hydrogens (tertiary/aromatic N) is 1. The Kier molecular flexibility index (Phi) is 16.4. The van der Waals surface area contributed by atoms with Crippen molar-refractivity contribution >= 4 is 5.97 Å². The molecule has 1 aromatic heterocycles. The molecule has 0 fully saturated rings. The summed E-state index contributed by atoms with van der Waals surface area (Å²) >= 11 is 0. The number of carboxylic acids is 1. The van der Waals surface area contributed by atoms with Crippen LogP contribution in [0.2, 0.25) is 0 Å². The lowest BCUT2D eigenvalue weighted by molar-refractivity contribution is -0.683. The summed E-state index contributed by atoms with van der Waals surface area (Å²) < 4.78 is 2.27. The van der Waals surface area contributed by atoms with Crippen molar-refractivity contribution in [3.63, 3.8) is 0 Å². The quantitative estimate of drug-likeness (QED) is 0.163. The number of aromatic amines is 1. The van der Waals surface area contributed by atoms with Crippen LogP contribution in [0.3, 0.4) is 0 Å². The third-order valence-corrected chi connectivity index (χ3v) is 6.46. The molecular formula is C26H49N2O2+. The lowest BCUT2D eigenvalue weighted by Gasteiger charge is -2.04. The zero-order valence-corrected chi connectivity index (χ0v) is 20.0. The van der Waals surface area contributed by atoms with Crippen LogP contribution in [0.15, 0.2) is 6.20 Å². The highest BCUT2D eigenvalue weighted by Crippen LogP contribution is 2.15. The number of rotatable bonds is 21. The zero-order chi connectivity index (χ0) is 21.9. The van der Waals surface area contributed by atoms with E-state index in [9.17, 15) is 4.79 Å². The molecule has 4 heteroatoms. The fourth-order valence-electron chi connectivity index (χ4n) is 4.25. The Bertz CT molecular complexity index is 539. The van der Waals surface area contributed by atoms with Gasteiger partial charge in [0.05, 0.1) is 7.05 Å². The number of aryl methyl sites for hydroxylation is 2. The summed E-state index contributed by atoms with van der Waals surface area (Å²) in [5.74, 6) is 0.588. The topological polar surface area (TPSA) is 57.0 Å². The fourth-order valence-corrected chi connectivity index (χ4v) is 4.25. The van der Waals surface area contributed by atoms with E-state index in [4.69, 9.17) is 5.11 Å². The van der Waals surface area contributed by atoms with Crippen molar-refractivity contribution in [3.05, 3.63) is 17.7 Å². The molecule has 0 spiro atoms. The van der Waals surface area contributed by atoms with Crippen LogP contribution in [0.1, 0.15) is 134 Å². The van der Waals surface area contributed by atoms with Crippen LogP contribution >= 0.6 is 0 Å². The maximum atomic E-state index is 10.4. The summed E-state index contributed by atoms with van der Waals surface area (Å²) in [4.78, 5) is 13.7. The van der Waals surface area contributed by atoms with Gasteiger partial charge in [-0.15, -0.1) is 0 Å². The summed E-state index contributed by atoms with van der Waals surface area (Å²) in [5.41, 5.74) is 1.43. The summed E-state index contributed by atoms with van der Waals surface area (Å²) in [6.45, 7) is 2.13. The van der Waals surface area contributed by atoms with Crippen molar-refractivity contribution in [1.29, 1.82) is 0 Å². The Hall–Kier alpha value is -1.32. The molecule has 0 unspecified atom stereocenters. The van der Waals surface area contributed by atoms with Gasteiger partial charge in [0.25, 0.3) is 5.82 Å². The van der Waals surface area contributed by atoms with Crippen LogP contribution in [-0.2, 0) is 18.3 Å². The number of imidazole rings is 1. The molecule has 4 nitrogen and oxygen atoms in total. The number of hydrogen-bond acceptors (Lipinski definition) is 1. The molecule has 0 radical (unpaired) electrons. The van der Waals surface area contributed by atoms with E-state index < -0.39 is 5.97 Å². The fraction of sp³-hybridized carbons (Fsp3) is 0.846. The van der Waals surface area contributed by atoms with Crippen LogP contribution in [0.5, 0.6) is 0 Å². The first-order valence-corrected chi connectivity index (χ1v) is 12.9. The van der Waals surface area contributed by atoms with Gasteiger partial charge in [-0.3, -0.25) is 4.79 Å². The van der Waals surface area contributed by atoms with Gasteiger partial charge >= 0.3 is 5.97 Å². The lowest BCUT2D eigenvalue weighted by atomic mass is 10.0. The highest BCUT2D eigenvalue weighted by molar-refractivity contribution is 5.66. The van der Waals surface area contributed by atoms with Crippen LogP contribution in [0, 0.1) is 6.92 Å². The van der Waals surface area contributed by atoms with Crippen LogP contribution in [0.25, 0.3) is 0 Å². The molecule has 1 aromatic rings. The third kappa shape index (κ3) is 14.6. The van der Waals surface area contributed by atoms with Crippen LogP contribution < -0.4 is 4.57 Å². The molecule has 174 valence electrons. The predicted octanol–water partition coefficient (Wildman–Crippen LogP) is 7.19. The lowest BCUT2D eigenvalue weighted by Crippen LogP contribution is -2.33. The first-order valence-electron chi connectivity index (χ1n) is 12.9. The molecule has 0 aromatic carbocycles. The van der Waals surface area contributed by atoms with Gasteiger partial charge in [0.15, 0.2) is 0 Å². The SMILES string of the molecule is Cc1[nH]cc(CCCCCCCCCCCCCCCCCCCCC(=O)O)[n+]1C. The molecule has 0 aliphatic heterocycles. The number of aromatic nitrogens is 2. The Balaban J connectivity index is 1.71. The van der Waals surface area contributed by atoms with E-state index in [-0.39, 0.29) is 0 Å². The second-order valence-corrected chi connectivity index (χ2v) is 9.18. The predicted molar refractivity (Wildman–Crippen MR) is 126 cm³/mol. The van der Waals surface area contributed by atoms with Gasteiger partial charge in [-0.2, -0.15) is 0 Å². The Morgan fingerprint density at radius 3 is 1.43 bits per heavy atom.